The Labute approximate surface area is 163 Å². The van der Waals surface area contributed by atoms with Crippen LogP contribution in [0.3, 0.4) is 0 Å². The number of nitrogens with zero attached hydrogens (tertiary/aromatic N) is 1. The molecular formula is C23H22N2O3. The zero-order chi connectivity index (χ0) is 19.5. The fourth-order valence-corrected chi connectivity index (χ4v) is 3.39. The van der Waals surface area contributed by atoms with E-state index in [2.05, 4.69) is 5.32 Å². The van der Waals surface area contributed by atoms with Crippen molar-refractivity contribution in [3.8, 4) is 0 Å². The first-order chi connectivity index (χ1) is 13.7. The summed E-state index contributed by atoms with van der Waals surface area (Å²) in [6.45, 7) is 0. The number of pyridine rings is 1. The normalized spacial score (nSPS) is 14.5. The van der Waals surface area contributed by atoms with Crippen molar-refractivity contribution in [1.82, 2.24) is 10.3 Å². The summed E-state index contributed by atoms with van der Waals surface area (Å²) in [6, 6.07) is 18.3. The van der Waals surface area contributed by atoms with Gasteiger partial charge in [-0.15, -0.1) is 0 Å². The number of aromatic nitrogens is 1. The Bertz CT molecular complexity index is 1010. The topological polar surface area (TPSA) is 68.3 Å². The van der Waals surface area contributed by atoms with Gasteiger partial charge < -0.3 is 10.1 Å². The lowest BCUT2D eigenvalue weighted by molar-refractivity contribution is -0.142. The minimum Gasteiger partial charge on any atom is -0.467 e. The summed E-state index contributed by atoms with van der Waals surface area (Å²) in [7, 11) is 1.33. The summed E-state index contributed by atoms with van der Waals surface area (Å²) in [6.07, 6.45) is 2.58. The molecule has 0 bridgehead atoms. The average molecular weight is 374 g/mol. The summed E-state index contributed by atoms with van der Waals surface area (Å²) in [5.74, 6) is -0.318. The first-order valence-corrected chi connectivity index (χ1v) is 9.48. The Balaban J connectivity index is 1.64. The van der Waals surface area contributed by atoms with Gasteiger partial charge in [-0.2, -0.15) is 0 Å². The van der Waals surface area contributed by atoms with E-state index in [9.17, 15) is 9.59 Å². The Hall–Kier alpha value is -3.21. The third-order valence-electron chi connectivity index (χ3n) is 5.05. The van der Waals surface area contributed by atoms with Crippen molar-refractivity contribution < 1.29 is 14.3 Å². The maximum Gasteiger partial charge on any atom is 0.328 e. The molecule has 2 aromatic carbocycles. The number of methoxy groups -OCH3 is 1. The molecule has 1 aliphatic carbocycles. The van der Waals surface area contributed by atoms with E-state index in [0.717, 1.165) is 35.0 Å². The number of carbonyl (C=O) groups excluding carboxylic acids is 2. The molecule has 0 aliphatic heterocycles. The summed E-state index contributed by atoms with van der Waals surface area (Å²) in [5.41, 5.74) is 3.25. The van der Waals surface area contributed by atoms with Crippen molar-refractivity contribution in [3.05, 3.63) is 77.5 Å². The lowest BCUT2D eigenvalue weighted by Gasteiger charge is -2.18. The molecule has 0 unspecified atom stereocenters. The largest absolute Gasteiger partial charge is 0.467 e. The van der Waals surface area contributed by atoms with Gasteiger partial charge in [0, 0.05) is 23.4 Å². The van der Waals surface area contributed by atoms with E-state index in [-0.39, 0.29) is 5.91 Å². The van der Waals surface area contributed by atoms with E-state index < -0.39 is 12.0 Å². The van der Waals surface area contributed by atoms with E-state index >= 15 is 0 Å². The molecule has 1 N–H and O–H groups in total. The third-order valence-corrected chi connectivity index (χ3v) is 5.05. The number of amides is 1. The van der Waals surface area contributed by atoms with Crippen LogP contribution in [0, 0.1) is 0 Å². The molecule has 1 amide bonds. The van der Waals surface area contributed by atoms with Crippen LogP contribution in [-0.4, -0.2) is 30.0 Å². The van der Waals surface area contributed by atoms with Crippen LogP contribution in [0.5, 0.6) is 0 Å². The number of para-hydroxylation sites is 1. The van der Waals surface area contributed by atoms with Gasteiger partial charge in [-0.3, -0.25) is 9.78 Å². The van der Waals surface area contributed by atoms with Crippen LogP contribution in [0.15, 0.2) is 60.7 Å². The number of hydrogen-bond donors (Lipinski definition) is 1. The Morgan fingerprint density at radius 3 is 2.54 bits per heavy atom. The lowest BCUT2D eigenvalue weighted by Crippen LogP contribution is -2.43. The van der Waals surface area contributed by atoms with Crippen LogP contribution >= 0.6 is 0 Å². The summed E-state index contributed by atoms with van der Waals surface area (Å²) >= 11 is 0. The molecule has 142 valence electrons. The Kier molecular flexibility index (Phi) is 5.06. The highest BCUT2D eigenvalue weighted by molar-refractivity contribution is 6.07. The molecule has 0 saturated heterocycles. The minimum absolute atomic E-state index is 0.285. The third kappa shape index (κ3) is 3.88. The number of nitrogens with one attached hydrogen (secondary N) is 1. The van der Waals surface area contributed by atoms with E-state index in [0.29, 0.717) is 17.9 Å². The van der Waals surface area contributed by atoms with Gasteiger partial charge in [0.05, 0.1) is 18.2 Å². The maximum atomic E-state index is 13.1. The average Bonchev–Trinajstić information content (AvgIpc) is 3.58. The minimum atomic E-state index is -0.754. The number of benzene rings is 2. The van der Waals surface area contributed by atoms with Gasteiger partial charge in [0.1, 0.15) is 6.04 Å². The standard InChI is InChI=1S/C23H22N2O3/c1-28-23(27)21(13-15-7-3-2-4-8-15)25-22(26)18-14-20(16-11-12-16)24-19-10-6-5-9-17(18)19/h2-10,14,16,21H,11-13H2,1H3,(H,25,26)/t21-/m1/s1. The summed E-state index contributed by atoms with van der Waals surface area (Å²) < 4.78 is 4.91. The zero-order valence-corrected chi connectivity index (χ0v) is 15.7. The molecule has 5 nitrogen and oxygen atoms in total. The second-order valence-corrected chi connectivity index (χ2v) is 7.13. The molecule has 28 heavy (non-hydrogen) atoms. The number of fused-ring (bicyclic) bond motifs is 1. The number of rotatable bonds is 6. The molecular weight excluding hydrogens is 352 g/mol. The Morgan fingerprint density at radius 1 is 1.11 bits per heavy atom. The van der Waals surface area contributed by atoms with Gasteiger partial charge in [0.2, 0.25) is 0 Å². The van der Waals surface area contributed by atoms with Crippen molar-refractivity contribution in [2.24, 2.45) is 0 Å². The quantitative estimate of drug-likeness (QED) is 0.669. The van der Waals surface area contributed by atoms with E-state index in [1.165, 1.54) is 7.11 Å². The molecule has 1 heterocycles. The van der Waals surface area contributed by atoms with Gasteiger partial charge in [0.25, 0.3) is 5.91 Å². The van der Waals surface area contributed by atoms with Crippen LogP contribution in [0.25, 0.3) is 10.9 Å². The maximum absolute atomic E-state index is 13.1. The van der Waals surface area contributed by atoms with Crippen molar-refractivity contribution in [1.29, 1.82) is 0 Å². The van der Waals surface area contributed by atoms with Gasteiger partial charge in [-0.25, -0.2) is 4.79 Å². The Morgan fingerprint density at radius 2 is 1.82 bits per heavy atom. The van der Waals surface area contributed by atoms with Gasteiger partial charge in [-0.05, 0) is 30.5 Å². The molecule has 1 fully saturated rings. The first kappa shape index (κ1) is 18.2. The second-order valence-electron chi connectivity index (χ2n) is 7.13. The summed E-state index contributed by atoms with van der Waals surface area (Å²) in [4.78, 5) is 30.1. The zero-order valence-electron chi connectivity index (χ0n) is 15.7. The van der Waals surface area contributed by atoms with E-state index in [1.807, 2.05) is 60.7 Å². The number of carbonyl (C=O) groups is 2. The molecule has 1 aliphatic rings. The molecule has 5 heteroatoms. The van der Waals surface area contributed by atoms with Crippen molar-refractivity contribution >= 4 is 22.8 Å². The highest BCUT2D eigenvalue weighted by Crippen LogP contribution is 2.40. The van der Waals surface area contributed by atoms with Crippen LogP contribution in [-0.2, 0) is 16.0 Å². The molecule has 4 rings (SSSR count). The van der Waals surface area contributed by atoms with Crippen LogP contribution < -0.4 is 5.32 Å². The van der Waals surface area contributed by atoms with Crippen molar-refractivity contribution in [2.45, 2.75) is 31.2 Å². The summed E-state index contributed by atoms with van der Waals surface area (Å²) in [5, 5.41) is 3.65. The monoisotopic (exact) mass is 374 g/mol. The fourth-order valence-electron chi connectivity index (χ4n) is 3.39. The van der Waals surface area contributed by atoms with E-state index in [4.69, 9.17) is 9.72 Å². The van der Waals surface area contributed by atoms with Crippen molar-refractivity contribution in [2.75, 3.05) is 7.11 Å². The second kappa shape index (κ2) is 7.80. The molecule has 1 saturated carbocycles. The number of ether oxygens (including phenoxy) is 1. The molecule has 1 atom stereocenters. The first-order valence-electron chi connectivity index (χ1n) is 9.48. The van der Waals surface area contributed by atoms with Gasteiger partial charge in [0.15, 0.2) is 0 Å². The molecule has 1 aromatic heterocycles. The van der Waals surface area contributed by atoms with E-state index in [1.54, 1.807) is 0 Å². The SMILES string of the molecule is COC(=O)[C@@H](Cc1ccccc1)NC(=O)c1cc(C2CC2)nc2ccccc12. The lowest BCUT2D eigenvalue weighted by atomic mass is 10.0. The molecule has 3 aromatic rings. The smallest absolute Gasteiger partial charge is 0.328 e. The molecule has 0 radical (unpaired) electrons. The number of esters is 1. The van der Waals surface area contributed by atoms with Crippen LogP contribution in [0.1, 0.15) is 40.4 Å². The highest BCUT2D eigenvalue weighted by atomic mass is 16.5. The van der Waals surface area contributed by atoms with Crippen LogP contribution in [0.2, 0.25) is 0 Å². The van der Waals surface area contributed by atoms with Crippen LogP contribution in [0.4, 0.5) is 0 Å². The van der Waals surface area contributed by atoms with Gasteiger partial charge in [-0.1, -0.05) is 48.5 Å². The predicted octanol–water partition coefficient (Wildman–Crippen LogP) is 3.63. The predicted molar refractivity (Wildman–Crippen MR) is 107 cm³/mol. The van der Waals surface area contributed by atoms with Gasteiger partial charge >= 0.3 is 5.97 Å². The fraction of sp³-hybridized carbons (Fsp3) is 0.261. The van der Waals surface area contributed by atoms with Crippen molar-refractivity contribution in [3.63, 3.8) is 0 Å². The number of hydrogen-bond acceptors (Lipinski definition) is 4. The molecule has 0 spiro atoms. The highest BCUT2D eigenvalue weighted by Gasteiger charge is 2.28.